The van der Waals surface area contributed by atoms with E-state index in [1.54, 1.807) is 7.05 Å². The number of hydrogen-bond donors (Lipinski definition) is 3. The van der Waals surface area contributed by atoms with Gasteiger partial charge in [0.25, 0.3) is 5.91 Å². The lowest BCUT2D eigenvalue weighted by Gasteiger charge is -2.37. The van der Waals surface area contributed by atoms with E-state index < -0.39 is 5.54 Å². The van der Waals surface area contributed by atoms with Crippen LogP contribution in [-0.2, 0) is 4.79 Å². The second-order valence-electron chi connectivity index (χ2n) is 11.0. The first-order valence-electron chi connectivity index (χ1n) is 13.4. The first kappa shape index (κ1) is 24.4. The highest BCUT2D eigenvalue weighted by Crippen LogP contribution is 2.39. The molecule has 35 heavy (non-hydrogen) atoms. The van der Waals surface area contributed by atoms with Crippen molar-refractivity contribution < 1.29 is 4.79 Å². The quantitative estimate of drug-likeness (QED) is 0.418. The molecule has 3 fully saturated rings. The van der Waals surface area contributed by atoms with E-state index in [4.69, 9.17) is 22.0 Å². The number of likely N-dealkylation sites (N-methyl/N-ethyl adjacent to an activating group) is 1. The number of anilines is 1. The Bertz CT molecular complexity index is 1080. The van der Waals surface area contributed by atoms with E-state index >= 15 is 0 Å². The van der Waals surface area contributed by atoms with Crippen molar-refractivity contribution >= 4 is 40.2 Å². The normalized spacial score (nSPS) is 27.9. The molecule has 0 radical (unpaired) electrons. The van der Waals surface area contributed by atoms with Gasteiger partial charge in [0.1, 0.15) is 11.4 Å². The number of nitrogens with one attached hydrogen (secondary N) is 3. The lowest BCUT2D eigenvalue weighted by atomic mass is 9.74. The van der Waals surface area contributed by atoms with Crippen LogP contribution in [-0.4, -0.2) is 40.4 Å². The summed E-state index contributed by atoms with van der Waals surface area (Å²) < 4.78 is 0. The lowest BCUT2D eigenvalue weighted by Crippen LogP contribution is -2.49. The molecule has 1 aliphatic heterocycles. The summed E-state index contributed by atoms with van der Waals surface area (Å²) in [6.07, 6.45) is 13.7. The maximum atomic E-state index is 13.4. The molecule has 3 atom stereocenters. The molecular formula is C28H38ClN5O. The zero-order chi connectivity index (χ0) is 24.4. The highest BCUT2D eigenvalue weighted by molar-refractivity contribution is 6.35. The Kier molecular flexibility index (Phi) is 7.19. The first-order chi connectivity index (χ1) is 16.9. The largest absolute Gasteiger partial charge is 0.367 e. The Labute approximate surface area is 213 Å². The number of carbonyl (C=O) groups excluding carboxylic acids is 1. The third-order valence-corrected chi connectivity index (χ3v) is 8.86. The molecule has 1 amide bonds. The fourth-order valence-corrected chi connectivity index (χ4v) is 6.85. The fourth-order valence-electron chi connectivity index (χ4n) is 6.62. The molecule has 6 nitrogen and oxygen atoms in total. The van der Waals surface area contributed by atoms with Crippen molar-refractivity contribution in [2.75, 3.05) is 12.4 Å². The number of nitrogens with zero attached hydrogens (tertiary/aromatic N) is 2. The van der Waals surface area contributed by atoms with Crippen LogP contribution in [0.15, 0.2) is 30.3 Å². The van der Waals surface area contributed by atoms with E-state index in [0.29, 0.717) is 17.0 Å². The Morgan fingerprint density at radius 1 is 1.11 bits per heavy atom. The second-order valence-corrected chi connectivity index (χ2v) is 11.5. The minimum absolute atomic E-state index is 0.0826. The van der Waals surface area contributed by atoms with E-state index in [-0.39, 0.29) is 11.9 Å². The van der Waals surface area contributed by atoms with Gasteiger partial charge in [-0.25, -0.2) is 4.98 Å². The van der Waals surface area contributed by atoms with Crippen LogP contribution in [0.25, 0.3) is 10.9 Å². The molecule has 1 unspecified atom stereocenters. The predicted molar refractivity (Wildman–Crippen MR) is 143 cm³/mol. The molecule has 1 aromatic carbocycles. The number of aromatic nitrogens is 1. The number of amides is 1. The number of rotatable bonds is 7. The molecule has 3 aliphatic rings. The molecule has 2 heterocycles. The van der Waals surface area contributed by atoms with Gasteiger partial charge < -0.3 is 10.6 Å². The van der Waals surface area contributed by atoms with Gasteiger partial charge in [0.2, 0.25) is 0 Å². The van der Waals surface area contributed by atoms with Crippen LogP contribution in [0.5, 0.6) is 0 Å². The van der Waals surface area contributed by atoms with E-state index in [2.05, 4.69) is 16.7 Å². The maximum absolute atomic E-state index is 13.4. The number of para-hydroxylation sites is 1. The minimum Gasteiger partial charge on any atom is -0.367 e. The number of guanidine groups is 1. The van der Waals surface area contributed by atoms with E-state index in [1.807, 2.05) is 24.3 Å². The molecule has 1 saturated heterocycles. The highest BCUT2D eigenvalue weighted by atomic mass is 35.5. The van der Waals surface area contributed by atoms with Gasteiger partial charge in [-0.2, -0.15) is 0 Å². The second kappa shape index (κ2) is 10.3. The molecule has 2 saturated carbocycles. The summed E-state index contributed by atoms with van der Waals surface area (Å²) in [4.78, 5) is 19.7. The van der Waals surface area contributed by atoms with Crippen molar-refractivity contribution in [2.45, 2.75) is 88.6 Å². The Morgan fingerprint density at radius 2 is 1.91 bits per heavy atom. The molecule has 2 aromatic rings. The van der Waals surface area contributed by atoms with Crippen LogP contribution >= 0.6 is 11.6 Å². The van der Waals surface area contributed by atoms with Crippen LogP contribution in [0.1, 0.15) is 77.0 Å². The van der Waals surface area contributed by atoms with Crippen LogP contribution < -0.4 is 10.6 Å². The average molecular weight is 496 g/mol. The zero-order valence-corrected chi connectivity index (χ0v) is 21.5. The van der Waals surface area contributed by atoms with Crippen molar-refractivity contribution in [2.24, 2.45) is 11.8 Å². The molecule has 1 aromatic heterocycles. The molecule has 7 heteroatoms. The maximum Gasteiger partial charge on any atom is 0.254 e. The summed E-state index contributed by atoms with van der Waals surface area (Å²) in [6.45, 7) is 0. The fraction of sp³-hybridized carbons (Fsp3) is 0.607. The standard InChI is InChI=1S/C28H38ClN5O/c1-34-26(35)28(33-27(34)30,16-15-19-7-3-2-4-8-19)18-20-9-5-11-22(17-20)31-24-14-13-21-10-6-12-23(29)25(21)32-24/h6,10,12-14,19-20,22H,2-5,7-9,11,15-18H2,1H3,(H2,30,33)(H,31,32)/t20-,22?,28-/m0/s1. The lowest BCUT2D eigenvalue weighted by molar-refractivity contribution is -0.131. The predicted octanol–water partition coefficient (Wildman–Crippen LogP) is 6.34. The van der Waals surface area contributed by atoms with Gasteiger partial charge in [0, 0.05) is 18.5 Å². The summed E-state index contributed by atoms with van der Waals surface area (Å²) in [5.41, 5.74) is 0.209. The van der Waals surface area contributed by atoms with Crippen LogP contribution in [0.3, 0.4) is 0 Å². The van der Waals surface area contributed by atoms with Gasteiger partial charge in [-0.3, -0.25) is 15.1 Å². The van der Waals surface area contributed by atoms with Gasteiger partial charge in [-0.15, -0.1) is 0 Å². The monoisotopic (exact) mass is 495 g/mol. The molecule has 2 aliphatic carbocycles. The molecular weight excluding hydrogens is 458 g/mol. The van der Waals surface area contributed by atoms with Crippen LogP contribution in [0, 0.1) is 17.2 Å². The van der Waals surface area contributed by atoms with Crippen molar-refractivity contribution in [1.82, 2.24) is 15.2 Å². The first-order valence-corrected chi connectivity index (χ1v) is 13.8. The summed E-state index contributed by atoms with van der Waals surface area (Å²) in [6, 6.07) is 10.3. The Morgan fingerprint density at radius 3 is 2.69 bits per heavy atom. The average Bonchev–Trinajstić information content (AvgIpc) is 3.08. The topological polar surface area (TPSA) is 81.1 Å². The number of fused-ring (bicyclic) bond motifs is 1. The van der Waals surface area contributed by atoms with Crippen molar-refractivity contribution in [3.05, 3.63) is 35.4 Å². The highest BCUT2D eigenvalue weighted by Gasteiger charge is 2.49. The number of benzene rings is 1. The third-order valence-electron chi connectivity index (χ3n) is 8.55. The van der Waals surface area contributed by atoms with Crippen molar-refractivity contribution in [3.63, 3.8) is 0 Å². The van der Waals surface area contributed by atoms with Gasteiger partial charge in [-0.1, -0.05) is 68.7 Å². The van der Waals surface area contributed by atoms with E-state index in [1.165, 1.54) is 37.0 Å². The number of hydrogen-bond acceptors (Lipinski definition) is 4. The van der Waals surface area contributed by atoms with Gasteiger partial charge >= 0.3 is 0 Å². The summed E-state index contributed by atoms with van der Waals surface area (Å²) in [7, 11) is 1.74. The number of pyridine rings is 1. The Hall–Kier alpha value is -2.34. The number of halogens is 1. The summed E-state index contributed by atoms with van der Waals surface area (Å²) in [5, 5.41) is 17.0. The van der Waals surface area contributed by atoms with Gasteiger partial charge in [-0.05, 0) is 62.1 Å². The van der Waals surface area contributed by atoms with E-state index in [9.17, 15) is 4.79 Å². The van der Waals surface area contributed by atoms with Crippen LogP contribution in [0.2, 0.25) is 5.02 Å². The zero-order valence-electron chi connectivity index (χ0n) is 20.8. The SMILES string of the molecule is CN1C(=N)N[C@@](CCC2CCCCC2)(C[C@H]2CCCC(Nc3ccc4cccc(Cl)c4n3)C2)C1=O. The molecule has 188 valence electrons. The van der Waals surface area contributed by atoms with E-state index in [0.717, 1.165) is 67.6 Å². The van der Waals surface area contributed by atoms with Crippen molar-refractivity contribution in [1.29, 1.82) is 5.41 Å². The number of carbonyl (C=O) groups is 1. The molecule has 0 spiro atoms. The Balaban J connectivity index is 1.27. The summed E-state index contributed by atoms with van der Waals surface area (Å²) in [5.74, 6) is 2.36. The summed E-state index contributed by atoms with van der Waals surface area (Å²) >= 11 is 6.38. The molecule has 5 rings (SSSR count). The minimum atomic E-state index is -0.620. The molecule has 0 bridgehead atoms. The third kappa shape index (κ3) is 5.28. The smallest absolute Gasteiger partial charge is 0.254 e. The van der Waals surface area contributed by atoms with Gasteiger partial charge in [0.15, 0.2) is 5.96 Å². The molecule has 3 N–H and O–H groups in total. The van der Waals surface area contributed by atoms with Crippen molar-refractivity contribution in [3.8, 4) is 0 Å². The van der Waals surface area contributed by atoms with Crippen LogP contribution in [0.4, 0.5) is 5.82 Å². The van der Waals surface area contributed by atoms with Gasteiger partial charge in [0.05, 0.1) is 10.5 Å².